The number of aliphatic hydroxyl groups is 4. The normalized spacial score (nSPS) is 34.6. The first kappa shape index (κ1) is 16.2. The van der Waals surface area contributed by atoms with Gasteiger partial charge in [0.25, 0.3) is 0 Å². The van der Waals surface area contributed by atoms with Crippen LogP contribution in [0.25, 0.3) is 0 Å². The number of phenols is 1. The summed E-state index contributed by atoms with van der Waals surface area (Å²) in [6.07, 6.45) is -5.58. The number of nitrogens with two attached hydrogens (primary N) is 1. The molecule has 0 aromatic heterocycles. The van der Waals surface area contributed by atoms with E-state index in [1.54, 1.807) is 12.1 Å². The quantitative estimate of drug-likeness (QED) is 0.403. The van der Waals surface area contributed by atoms with Crippen LogP contribution in [-0.2, 0) is 4.74 Å². The Kier molecular flexibility index (Phi) is 5.15. The van der Waals surface area contributed by atoms with E-state index in [-0.39, 0.29) is 12.2 Å². The molecule has 7 heteroatoms. The fraction of sp³-hybridized carbons (Fsp3) is 0.571. The van der Waals surface area contributed by atoms with Crippen molar-refractivity contribution in [1.82, 2.24) is 0 Å². The van der Waals surface area contributed by atoms with Gasteiger partial charge in [0.05, 0.1) is 12.7 Å². The molecule has 0 bridgehead atoms. The summed E-state index contributed by atoms with van der Waals surface area (Å²) in [5.41, 5.74) is 6.77. The summed E-state index contributed by atoms with van der Waals surface area (Å²) in [6, 6.07) is 5.84. The number of hydrogen-bond donors (Lipinski definition) is 6. The Morgan fingerprint density at radius 3 is 2.14 bits per heavy atom. The van der Waals surface area contributed by atoms with E-state index >= 15 is 0 Å². The van der Waals surface area contributed by atoms with Gasteiger partial charge in [-0.1, -0.05) is 12.1 Å². The number of aliphatic hydroxyl groups excluding tert-OH is 4. The Hall–Kier alpha value is -1.22. The van der Waals surface area contributed by atoms with E-state index in [1.165, 1.54) is 12.1 Å². The number of aromatic hydroxyl groups is 1. The zero-order valence-electron chi connectivity index (χ0n) is 11.4. The minimum atomic E-state index is -1.40. The van der Waals surface area contributed by atoms with E-state index in [0.29, 0.717) is 0 Å². The fourth-order valence-corrected chi connectivity index (χ4v) is 2.48. The molecule has 7 nitrogen and oxygen atoms in total. The second-order valence-electron chi connectivity index (χ2n) is 5.30. The third-order valence-corrected chi connectivity index (χ3v) is 3.80. The molecule has 1 fully saturated rings. The van der Waals surface area contributed by atoms with Crippen molar-refractivity contribution >= 4 is 0 Å². The van der Waals surface area contributed by atoms with Crippen LogP contribution in [-0.4, -0.2) is 62.7 Å². The second kappa shape index (κ2) is 6.69. The molecule has 1 aliphatic rings. The molecule has 0 radical (unpaired) electrons. The van der Waals surface area contributed by atoms with E-state index in [4.69, 9.17) is 15.6 Å². The van der Waals surface area contributed by atoms with Gasteiger partial charge >= 0.3 is 0 Å². The van der Waals surface area contributed by atoms with Crippen molar-refractivity contribution in [3.05, 3.63) is 29.8 Å². The maximum Gasteiger partial charge on any atom is 0.115 e. The lowest BCUT2D eigenvalue weighted by atomic mass is 9.90. The van der Waals surface area contributed by atoms with E-state index in [0.717, 1.165) is 5.56 Å². The van der Waals surface area contributed by atoms with E-state index in [2.05, 4.69) is 0 Å². The molecule has 21 heavy (non-hydrogen) atoms. The number of hydrogen-bond acceptors (Lipinski definition) is 7. The van der Waals surface area contributed by atoms with Crippen LogP contribution in [0.1, 0.15) is 18.0 Å². The van der Waals surface area contributed by atoms with Gasteiger partial charge in [-0.05, 0) is 24.1 Å². The number of phenolic OH excluding ortho intramolecular Hbond substituents is 1. The van der Waals surface area contributed by atoms with Crippen LogP contribution in [0.5, 0.6) is 5.75 Å². The second-order valence-corrected chi connectivity index (χ2v) is 5.30. The smallest absolute Gasteiger partial charge is 0.115 e. The van der Waals surface area contributed by atoms with Gasteiger partial charge in [-0.25, -0.2) is 0 Å². The standard InChI is InChI=1S/C14H21NO6/c15-9(7-1-3-8(17)4-2-7)5-10-12(18)14(20)13(19)11(6-16)21-10/h1-4,9-14,16-20H,5-6,15H2/t9?,10-,11-,12+,13+,14-/m1/s1. The van der Waals surface area contributed by atoms with Crippen LogP contribution in [0.3, 0.4) is 0 Å². The van der Waals surface area contributed by atoms with Crippen molar-refractivity contribution in [3.63, 3.8) is 0 Å². The molecule has 0 amide bonds. The van der Waals surface area contributed by atoms with Crippen molar-refractivity contribution < 1.29 is 30.3 Å². The predicted molar refractivity (Wildman–Crippen MR) is 73.4 cm³/mol. The molecular weight excluding hydrogens is 278 g/mol. The third-order valence-electron chi connectivity index (χ3n) is 3.80. The Morgan fingerprint density at radius 1 is 1.00 bits per heavy atom. The van der Waals surface area contributed by atoms with Crippen LogP contribution in [0, 0.1) is 0 Å². The lowest BCUT2D eigenvalue weighted by Gasteiger charge is -2.40. The summed E-state index contributed by atoms with van der Waals surface area (Å²) in [7, 11) is 0. The first-order valence-corrected chi connectivity index (χ1v) is 6.79. The largest absolute Gasteiger partial charge is 0.508 e. The van der Waals surface area contributed by atoms with Crippen LogP contribution < -0.4 is 5.73 Å². The maximum absolute atomic E-state index is 9.95. The van der Waals surface area contributed by atoms with E-state index in [9.17, 15) is 20.4 Å². The SMILES string of the molecule is NC(C[C@H]1O[C@H](CO)[C@H](O)[C@H](O)[C@H]1O)c1ccc(O)cc1. The molecule has 1 saturated heterocycles. The van der Waals surface area contributed by atoms with Gasteiger partial charge < -0.3 is 36.0 Å². The van der Waals surface area contributed by atoms with Gasteiger partial charge in [-0.3, -0.25) is 0 Å². The fourth-order valence-electron chi connectivity index (χ4n) is 2.48. The molecule has 7 N–H and O–H groups in total. The van der Waals surface area contributed by atoms with Crippen molar-refractivity contribution in [2.24, 2.45) is 5.73 Å². The molecule has 1 aliphatic heterocycles. The zero-order valence-corrected chi connectivity index (χ0v) is 11.4. The predicted octanol–water partition coefficient (Wildman–Crippen LogP) is -1.38. The molecular formula is C14H21NO6. The molecule has 1 heterocycles. The average Bonchev–Trinajstić information content (AvgIpc) is 2.48. The van der Waals surface area contributed by atoms with E-state index < -0.39 is 43.2 Å². The lowest BCUT2D eigenvalue weighted by Crippen LogP contribution is -2.58. The highest BCUT2D eigenvalue weighted by molar-refractivity contribution is 5.27. The monoisotopic (exact) mass is 299 g/mol. The van der Waals surface area contributed by atoms with Crippen LogP contribution in [0.2, 0.25) is 0 Å². The highest BCUT2D eigenvalue weighted by Gasteiger charge is 2.43. The van der Waals surface area contributed by atoms with Gasteiger partial charge in [0.1, 0.15) is 30.2 Å². The van der Waals surface area contributed by atoms with Crippen LogP contribution in [0.15, 0.2) is 24.3 Å². The molecule has 0 saturated carbocycles. The topological polar surface area (TPSA) is 136 Å². The minimum absolute atomic E-state index is 0.124. The average molecular weight is 299 g/mol. The maximum atomic E-state index is 9.95. The van der Waals surface area contributed by atoms with Gasteiger partial charge in [-0.15, -0.1) is 0 Å². The van der Waals surface area contributed by atoms with Gasteiger partial charge in [0.2, 0.25) is 0 Å². The summed E-state index contributed by atoms with van der Waals surface area (Å²) < 4.78 is 5.41. The van der Waals surface area contributed by atoms with Gasteiger partial charge in [0.15, 0.2) is 0 Å². The summed E-state index contributed by atoms with van der Waals surface area (Å²) >= 11 is 0. The van der Waals surface area contributed by atoms with E-state index in [1.807, 2.05) is 0 Å². The number of ether oxygens (including phenoxy) is 1. The molecule has 1 unspecified atom stereocenters. The molecule has 2 rings (SSSR count). The highest BCUT2D eigenvalue weighted by Crippen LogP contribution is 2.27. The summed E-state index contributed by atoms with van der Waals surface area (Å²) in [5, 5.41) is 47.7. The highest BCUT2D eigenvalue weighted by atomic mass is 16.5. The Labute approximate surface area is 122 Å². The first-order valence-electron chi connectivity index (χ1n) is 6.79. The van der Waals surface area contributed by atoms with Crippen molar-refractivity contribution in [2.45, 2.75) is 43.0 Å². The molecule has 0 spiro atoms. The summed E-state index contributed by atoms with van der Waals surface area (Å²) in [5.74, 6) is 0.124. The molecule has 1 aromatic rings. The molecule has 6 atom stereocenters. The first-order chi connectivity index (χ1) is 9.93. The summed E-state index contributed by atoms with van der Waals surface area (Å²) in [4.78, 5) is 0. The Morgan fingerprint density at radius 2 is 1.57 bits per heavy atom. The minimum Gasteiger partial charge on any atom is -0.508 e. The molecule has 0 aliphatic carbocycles. The molecule has 1 aromatic carbocycles. The van der Waals surface area contributed by atoms with Crippen LogP contribution in [0.4, 0.5) is 0 Å². The van der Waals surface area contributed by atoms with Gasteiger partial charge in [-0.2, -0.15) is 0 Å². The third kappa shape index (κ3) is 3.52. The molecule has 118 valence electrons. The number of benzene rings is 1. The zero-order chi connectivity index (χ0) is 15.6. The lowest BCUT2D eigenvalue weighted by molar-refractivity contribution is -0.231. The Bertz CT molecular complexity index is 451. The Balaban J connectivity index is 2.05. The summed E-state index contributed by atoms with van der Waals surface area (Å²) in [6.45, 7) is -0.462. The van der Waals surface area contributed by atoms with Crippen molar-refractivity contribution in [2.75, 3.05) is 6.61 Å². The van der Waals surface area contributed by atoms with Crippen LogP contribution >= 0.6 is 0 Å². The van der Waals surface area contributed by atoms with Crippen molar-refractivity contribution in [3.8, 4) is 5.75 Å². The van der Waals surface area contributed by atoms with Gasteiger partial charge in [0, 0.05) is 6.04 Å². The number of rotatable bonds is 4. The van der Waals surface area contributed by atoms with Crippen molar-refractivity contribution in [1.29, 1.82) is 0 Å².